The van der Waals surface area contributed by atoms with Crippen LogP contribution < -0.4 is 4.74 Å². The van der Waals surface area contributed by atoms with Gasteiger partial charge in [-0.3, -0.25) is 0 Å². The number of hydrogen-bond acceptors (Lipinski definition) is 4. The van der Waals surface area contributed by atoms with Crippen molar-refractivity contribution in [3.63, 3.8) is 0 Å². The molecular weight excluding hydrogens is 266 g/mol. The summed E-state index contributed by atoms with van der Waals surface area (Å²) < 4.78 is 58.3. The quantitative estimate of drug-likeness (QED) is 0.705. The van der Waals surface area contributed by atoms with E-state index in [1.54, 1.807) is 18.0 Å². The number of ether oxygens (including phenoxy) is 1. The Morgan fingerprint density at radius 3 is 3.19 bits per heavy atom. The van der Waals surface area contributed by atoms with Crippen LogP contribution in [0.3, 0.4) is 0 Å². The van der Waals surface area contributed by atoms with E-state index in [9.17, 15) is 11.6 Å². The average molecular weight is 291 g/mol. The zero-order chi connectivity index (χ0) is 19.8. The van der Waals surface area contributed by atoms with Gasteiger partial charge >= 0.3 is 0 Å². The van der Waals surface area contributed by atoms with E-state index in [0.29, 0.717) is 17.7 Å². The van der Waals surface area contributed by atoms with Crippen molar-refractivity contribution < 1.29 is 23.2 Å². The van der Waals surface area contributed by atoms with Gasteiger partial charge < -0.3 is 19.8 Å². The first-order valence-corrected chi connectivity index (χ1v) is 7.06. The summed E-state index contributed by atoms with van der Waals surface area (Å²) in [5.41, 5.74) is -0.807. The van der Waals surface area contributed by atoms with E-state index in [1.807, 2.05) is 0 Å². The van der Waals surface area contributed by atoms with E-state index in [-0.39, 0.29) is 24.3 Å². The van der Waals surface area contributed by atoms with Gasteiger partial charge in [-0.15, -0.1) is 0 Å². The molecule has 0 radical (unpaired) electrons. The Morgan fingerprint density at radius 2 is 2.33 bits per heavy atom. The maximum Gasteiger partial charge on any atom is 0.165 e. The minimum absolute atomic E-state index is 0.0445. The zero-order valence-corrected chi connectivity index (χ0v) is 11.5. The molecule has 4 aliphatic rings. The van der Waals surface area contributed by atoms with Crippen molar-refractivity contribution in [2.24, 2.45) is 5.89 Å². The third-order valence-corrected chi connectivity index (χ3v) is 5.12. The van der Waals surface area contributed by atoms with Crippen LogP contribution in [-0.2, 0) is 11.8 Å². The molecule has 2 aliphatic heterocycles. The molecular formula is C17H19NO3. The Labute approximate surface area is 132 Å². The fraction of sp³-hybridized carbons (Fsp3) is 0.529. The minimum atomic E-state index is -2.93. The normalized spacial score (nSPS) is 61.6. The summed E-state index contributed by atoms with van der Waals surface area (Å²) in [7, 11) is 1.67. The first-order valence-electron chi connectivity index (χ1n) is 10.1. The van der Waals surface area contributed by atoms with Crippen molar-refractivity contribution in [2.45, 2.75) is 36.4 Å². The molecule has 110 valence electrons. The predicted molar refractivity (Wildman–Crippen MR) is 77.6 cm³/mol. The van der Waals surface area contributed by atoms with Crippen LogP contribution in [-0.4, -0.2) is 46.9 Å². The lowest BCUT2D eigenvalue weighted by atomic mass is 9.53. The summed E-state index contributed by atoms with van der Waals surface area (Å²) in [6, 6.07) is -0.256. The minimum Gasteiger partial charge on any atom is -0.504 e. The molecule has 0 aromatic heterocycles. The van der Waals surface area contributed by atoms with Crippen LogP contribution in [0.1, 0.15) is 25.8 Å². The molecule has 2 N–H and O–H groups in total. The first kappa shape index (κ1) is 7.65. The summed E-state index contributed by atoms with van der Waals surface area (Å²) >= 11 is 0. The lowest BCUT2D eigenvalue weighted by Gasteiger charge is -2.56. The van der Waals surface area contributed by atoms with Crippen LogP contribution in [0.15, 0.2) is 24.2 Å². The average Bonchev–Trinajstić information content (AvgIpc) is 2.89. The molecule has 0 saturated carbocycles. The van der Waals surface area contributed by atoms with Crippen molar-refractivity contribution in [1.29, 1.82) is 0 Å². The molecule has 2 aliphatic carbocycles. The number of phenols is 1. The lowest BCUT2D eigenvalue weighted by Crippen LogP contribution is -2.64. The van der Waals surface area contributed by atoms with Crippen molar-refractivity contribution >= 4 is 0 Å². The SMILES string of the molecule is [2H]C1=C([2H])[C@]([2H])(O)[C@]2([2H])Oc3c(O)ccc4c3[C@@]23CCN(C)[C@]([2H])(C4)[C@]13[2H]. The highest BCUT2D eigenvalue weighted by Crippen LogP contribution is 2.62. The van der Waals surface area contributed by atoms with E-state index in [0.717, 1.165) is 0 Å². The van der Waals surface area contributed by atoms with E-state index < -0.39 is 41.6 Å². The summed E-state index contributed by atoms with van der Waals surface area (Å²) in [4.78, 5) is 1.63. The Bertz CT molecular complexity index is 953. The van der Waals surface area contributed by atoms with Crippen LogP contribution in [0.4, 0.5) is 0 Å². The highest BCUT2D eigenvalue weighted by Gasteiger charge is 2.64. The number of benzene rings is 1. The van der Waals surface area contributed by atoms with Crippen LogP contribution in [0.5, 0.6) is 11.5 Å². The van der Waals surface area contributed by atoms with Gasteiger partial charge in [-0.1, -0.05) is 18.2 Å². The third-order valence-electron chi connectivity index (χ3n) is 5.12. The molecule has 1 fully saturated rings. The molecule has 1 aromatic carbocycles. The summed E-state index contributed by atoms with van der Waals surface area (Å²) in [6.45, 7) is 0.291. The number of likely N-dealkylation sites (tertiary alicyclic amines) is 1. The molecule has 4 heteroatoms. The molecule has 5 atom stereocenters. The molecule has 5 rings (SSSR count). The molecule has 21 heavy (non-hydrogen) atoms. The van der Waals surface area contributed by atoms with Gasteiger partial charge in [0.25, 0.3) is 0 Å². The third kappa shape index (κ3) is 1.21. The summed E-state index contributed by atoms with van der Waals surface area (Å²) in [5, 5.41) is 21.2. The largest absolute Gasteiger partial charge is 0.504 e. The topological polar surface area (TPSA) is 52.9 Å². The Hall–Kier alpha value is -1.52. The smallest absolute Gasteiger partial charge is 0.165 e. The van der Waals surface area contributed by atoms with Gasteiger partial charge in [0, 0.05) is 25.6 Å². The van der Waals surface area contributed by atoms with E-state index in [1.165, 1.54) is 6.07 Å². The maximum atomic E-state index is 10.9. The van der Waals surface area contributed by atoms with Gasteiger partial charge in [0.05, 0.1) is 5.48 Å². The fourth-order valence-corrected chi connectivity index (χ4v) is 4.15. The van der Waals surface area contributed by atoms with Gasteiger partial charge in [0.2, 0.25) is 0 Å². The van der Waals surface area contributed by atoms with Crippen molar-refractivity contribution in [3.05, 3.63) is 35.4 Å². The number of rotatable bonds is 0. The summed E-state index contributed by atoms with van der Waals surface area (Å²) in [5.74, 6) is -2.49. The highest BCUT2D eigenvalue weighted by molar-refractivity contribution is 5.61. The van der Waals surface area contributed by atoms with Crippen molar-refractivity contribution in [2.75, 3.05) is 13.6 Å². The molecule has 1 saturated heterocycles. The number of nitrogens with zero attached hydrogens (tertiary/aromatic N) is 1. The van der Waals surface area contributed by atoms with Gasteiger partial charge in [-0.05, 0) is 38.1 Å². The zero-order valence-electron chi connectivity index (χ0n) is 17.5. The number of aromatic hydroxyl groups is 1. The van der Waals surface area contributed by atoms with Crippen molar-refractivity contribution in [1.82, 2.24) is 4.90 Å². The van der Waals surface area contributed by atoms with E-state index >= 15 is 0 Å². The van der Waals surface area contributed by atoms with Crippen LogP contribution in [0, 0.1) is 5.89 Å². The number of hydrogen-bond donors (Lipinski definition) is 2. The van der Waals surface area contributed by atoms with Crippen LogP contribution >= 0.6 is 0 Å². The molecule has 2 heterocycles. The number of likely N-dealkylation sites (N-methyl/N-ethyl adjacent to an activating group) is 1. The van der Waals surface area contributed by atoms with Gasteiger partial charge in [-0.25, -0.2) is 0 Å². The maximum absolute atomic E-state index is 10.9. The number of aliphatic hydroxyl groups is 1. The molecule has 0 unspecified atom stereocenters. The van der Waals surface area contributed by atoms with Gasteiger partial charge in [0.15, 0.2) is 11.5 Å². The molecule has 2 bridgehead atoms. The van der Waals surface area contributed by atoms with Crippen molar-refractivity contribution in [3.8, 4) is 11.5 Å². The molecule has 4 nitrogen and oxygen atoms in total. The molecule has 1 aromatic rings. The Morgan fingerprint density at radius 1 is 1.48 bits per heavy atom. The second kappa shape index (κ2) is 3.62. The first-order chi connectivity index (χ1) is 12.4. The Balaban J connectivity index is 2.03. The molecule has 1 spiro atoms. The fourth-order valence-electron chi connectivity index (χ4n) is 4.15. The van der Waals surface area contributed by atoms with E-state index in [4.69, 9.17) is 11.6 Å². The summed E-state index contributed by atoms with van der Waals surface area (Å²) in [6.07, 6.45) is -5.33. The van der Waals surface area contributed by atoms with E-state index in [2.05, 4.69) is 0 Å². The second-order valence-electron chi connectivity index (χ2n) is 6.05. The monoisotopic (exact) mass is 291 g/mol. The second-order valence-corrected chi connectivity index (χ2v) is 6.05. The standard InChI is InChI=1S/C17H19NO3/c1-18-7-6-17-10-3-5-13(20)16(17)21-15-12(19)4-2-9(14(15)17)8-11(10)18/h2-5,10-11,13,16,19-20H,6-8H2,1H3/t10-,11+,13-,16-,17-/m0/s1/i3D,5D,10D,11D,13D,16D. The van der Waals surface area contributed by atoms with Gasteiger partial charge in [-0.2, -0.15) is 0 Å². The number of phenolic OH excluding ortho intramolecular Hbond substituents is 1. The highest BCUT2D eigenvalue weighted by atomic mass is 16.5. The van der Waals surface area contributed by atoms with Crippen LogP contribution in [0.2, 0.25) is 0 Å². The molecule has 0 amide bonds. The van der Waals surface area contributed by atoms with Gasteiger partial charge in [0.1, 0.15) is 12.2 Å². The number of piperidine rings is 1. The van der Waals surface area contributed by atoms with Crippen LogP contribution in [0.25, 0.3) is 0 Å². The predicted octanol–water partition coefficient (Wildman–Crippen LogP) is 1.20. The lowest BCUT2D eigenvalue weighted by molar-refractivity contribution is -0.0453. The Kier molecular flexibility index (Phi) is 1.32.